The fraction of sp³-hybridized carbons (Fsp3) is 0.500. The molecule has 2 aliphatic heterocycles. The Morgan fingerprint density at radius 3 is 2.58 bits per heavy atom. The molecule has 1 atom stereocenters. The number of aliphatic carboxylic acids is 1. The summed E-state index contributed by atoms with van der Waals surface area (Å²) >= 11 is 0. The van der Waals surface area contributed by atoms with Crippen LogP contribution in [0.3, 0.4) is 0 Å². The third-order valence-electron chi connectivity index (χ3n) is 4.24. The van der Waals surface area contributed by atoms with E-state index in [2.05, 4.69) is 15.2 Å². The highest BCUT2D eigenvalue weighted by molar-refractivity contribution is 5.99. The number of piperazine rings is 1. The van der Waals surface area contributed by atoms with Gasteiger partial charge < -0.3 is 14.7 Å². The Kier molecular flexibility index (Phi) is 6.76. The SMILES string of the molecule is Cl.O=C(O)CN1CCN(c2ccc(OC3CCC(=O)NC3=O)cn2)CC1. The maximum atomic E-state index is 11.7. The first-order valence-electron chi connectivity index (χ1n) is 8.17. The molecule has 2 amide bonds. The van der Waals surface area contributed by atoms with Gasteiger partial charge in [-0.25, -0.2) is 4.98 Å². The number of rotatable bonds is 5. The smallest absolute Gasteiger partial charge is 0.317 e. The van der Waals surface area contributed by atoms with Gasteiger partial charge in [-0.15, -0.1) is 12.4 Å². The summed E-state index contributed by atoms with van der Waals surface area (Å²) in [5, 5.41) is 11.1. The van der Waals surface area contributed by atoms with Crippen LogP contribution >= 0.6 is 12.4 Å². The molecule has 142 valence electrons. The summed E-state index contributed by atoms with van der Waals surface area (Å²) in [7, 11) is 0. The summed E-state index contributed by atoms with van der Waals surface area (Å²) in [4.78, 5) is 41.9. The predicted molar refractivity (Wildman–Crippen MR) is 94.6 cm³/mol. The number of hydrogen-bond donors (Lipinski definition) is 2. The van der Waals surface area contributed by atoms with Gasteiger partial charge in [-0.2, -0.15) is 0 Å². The second-order valence-electron chi connectivity index (χ2n) is 6.07. The van der Waals surface area contributed by atoms with Crippen molar-refractivity contribution in [2.75, 3.05) is 37.6 Å². The number of piperidine rings is 1. The fourth-order valence-corrected chi connectivity index (χ4v) is 2.91. The fourth-order valence-electron chi connectivity index (χ4n) is 2.91. The number of carboxylic acid groups (broad SMARTS) is 1. The second kappa shape index (κ2) is 8.81. The van der Waals surface area contributed by atoms with Crippen LogP contribution in [0, 0.1) is 0 Å². The van der Waals surface area contributed by atoms with Crippen molar-refractivity contribution < 1.29 is 24.2 Å². The van der Waals surface area contributed by atoms with E-state index < -0.39 is 18.0 Å². The predicted octanol–water partition coefficient (Wildman–Crippen LogP) is -0.106. The van der Waals surface area contributed by atoms with E-state index in [1.807, 2.05) is 11.0 Å². The quantitative estimate of drug-likeness (QED) is 0.676. The van der Waals surface area contributed by atoms with Gasteiger partial charge in [-0.3, -0.25) is 24.6 Å². The van der Waals surface area contributed by atoms with Gasteiger partial charge in [-0.1, -0.05) is 0 Å². The average molecular weight is 385 g/mol. The first-order chi connectivity index (χ1) is 12.0. The first-order valence-corrected chi connectivity index (χ1v) is 8.17. The van der Waals surface area contributed by atoms with Crippen molar-refractivity contribution in [1.29, 1.82) is 0 Å². The number of carboxylic acids is 1. The molecule has 0 spiro atoms. The maximum absolute atomic E-state index is 11.7. The molecule has 9 nitrogen and oxygen atoms in total. The Labute approximate surface area is 156 Å². The van der Waals surface area contributed by atoms with Crippen molar-refractivity contribution in [3.63, 3.8) is 0 Å². The highest BCUT2D eigenvalue weighted by Gasteiger charge is 2.28. The topological polar surface area (TPSA) is 112 Å². The van der Waals surface area contributed by atoms with Crippen LogP contribution < -0.4 is 15.0 Å². The van der Waals surface area contributed by atoms with Crippen molar-refractivity contribution in [3.8, 4) is 5.75 Å². The van der Waals surface area contributed by atoms with E-state index in [0.717, 1.165) is 5.82 Å². The number of hydrogen-bond acceptors (Lipinski definition) is 7. The molecule has 2 N–H and O–H groups in total. The molecule has 26 heavy (non-hydrogen) atoms. The molecule has 0 saturated carbocycles. The summed E-state index contributed by atoms with van der Waals surface area (Å²) in [6.45, 7) is 2.80. The summed E-state index contributed by atoms with van der Waals surface area (Å²) in [5.41, 5.74) is 0. The molecular weight excluding hydrogens is 364 g/mol. The normalized spacial score (nSPS) is 20.9. The number of pyridine rings is 1. The van der Waals surface area contributed by atoms with Crippen molar-refractivity contribution >= 4 is 36.0 Å². The Morgan fingerprint density at radius 1 is 1.27 bits per heavy atom. The molecule has 2 saturated heterocycles. The highest BCUT2D eigenvalue weighted by atomic mass is 35.5. The lowest BCUT2D eigenvalue weighted by molar-refractivity contribution is -0.139. The van der Waals surface area contributed by atoms with Gasteiger partial charge in [-0.05, 0) is 12.1 Å². The monoisotopic (exact) mass is 384 g/mol. The zero-order chi connectivity index (χ0) is 17.8. The number of nitrogens with zero attached hydrogens (tertiary/aromatic N) is 3. The summed E-state index contributed by atoms with van der Waals surface area (Å²) in [6.07, 6.45) is 1.51. The second-order valence-corrected chi connectivity index (χ2v) is 6.07. The lowest BCUT2D eigenvalue weighted by atomic mass is 10.1. The third kappa shape index (κ3) is 5.06. The number of carbonyl (C=O) groups is 3. The van der Waals surface area contributed by atoms with E-state index in [1.54, 1.807) is 12.3 Å². The van der Waals surface area contributed by atoms with E-state index >= 15 is 0 Å². The molecule has 3 rings (SSSR count). The molecule has 0 aromatic carbocycles. The zero-order valence-corrected chi connectivity index (χ0v) is 14.9. The van der Waals surface area contributed by atoms with E-state index in [1.165, 1.54) is 0 Å². The van der Waals surface area contributed by atoms with E-state index in [-0.39, 0.29) is 31.3 Å². The number of anilines is 1. The number of aromatic nitrogens is 1. The molecular formula is C16H21ClN4O5. The van der Waals surface area contributed by atoms with Gasteiger partial charge in [0.25, 0.3) is 5.91 Å². The molecule has 2 fully saturated rings. The Hall–Kier alpha value is -2.39. The summed E-state index contributed by atoms with van der Waals surface area (Å²) in [6, 6.07) is 3.56. The van der Waals surface area contributed by atoms with E-state index in [0.29, 0.717) is 38.3 Å². The molecule has 0 bridgehead atoms. The molecule has 10 heteroatoms. The van der Waals surface area contributed by atoms with Gasteiger partial charge in [0.15, 0.2) is 6.10 Å². The van der Waals surface area contributed by atoms with Crippen LogP contribution in [0.25, 0.3) is 0 Å². The third-order valence-corrected chi connectivity index (χ3v) is 4.24. The lowest BCUT2D eigenvalue weighted by Crippen LogP contribution is -2.48. The molecule has 1 aromatic rings. The van der Waals surface area contributed by atoms with Crippen LogP contribution in [0.5, 0.6) is 5.75 Å². The van der Waals surface area contributed by atoms with Crippen LogP contribution in [-0.2, 0) is 14.4 Å². The standard InChI is InChI=1S/C16H20N4O5.ClH/c21-14-4-2-12(16(24)18-14)25-11-1-3-13(17-9-11)20-7-5-19(6-8-20)10-15(22)23;/h1,3,9,12H,2,4-8,10H2,(H,22,23)(H,18,21,24);1H. The van der Waals surface area contributed by atoms with Gasteiger partial charge in [0.2, 0.25) is 5.91 Å². The number of nitrogens with one attached hydrogen (secondary N) is 1. The first kappa shape index (κ1) is 19.9. The van der Waals surface area contributed by atoms with Gasteiger partial charge >= 0.3 is 5.97 Å². The molecule has 0 aliphatic carbocycles. The Bertz CT molecular complexity index is 661. The minimum absolute atomic E-state index is 0. The number of carbonyl (C=O) groups excluding carboxylic acids is 2. The molecule has 0 radical (unpaired) electrons. The zero-order valence-electron chi connectivity index (χ0n) is 14.1. The number of ether oxygens (including phenoxy) is 1. The minimum atomic E-state index is -0.818. The van der Waals surface area contributed by atoms with E-state index in [9.17, 15) is 14.4 Å². The highest BCUT2D eigenvalue weighted by Crippen LogP contribution is 2.20. The lowest BCUT2D eigenvalue weighted by Gasteiger charge is -2.34. The van der Waals surface area contributed by atoms with Gasteiger partial charge in [0, 0.05) is 39.0 Å². The van der Waals surface area contributed by atoms with Crippen LogP contribution in [0.1, 0.15) is 12.8 Å². The number of halogens is 1. The van der Waals surface area contributed by atoms with Crippen LogP contribution in [0.4, 0.5) is 5.82 Å². The van der Waals surface area contributed by atoms with Gasteiger partial charge in [0.1, 0.15) is 11.6 Å². The maximum Gasteiger partial charge on any atom is 0.317 e. The number of amides is 2. The summed E-state index contributed by atoms with van der Waals surface area (Å²) in [5.74, 6) is -0.259. The molecule has 2 aliphatic rings. The van der Waals surface area contributed by atoms with Crippen LogP contribution in [0.2, 0.25) is 0 Å². The molecule has 3 heterocycles. The Morgan fingerprint density at radius 2 is 2.00 bits per heavy atom. The minimum Gasteiger partial charge on any atom is -0.480 e. The van der Waals surface area contributed by atoms with Crippen molar-refractivity contribution in [1.82, 2.24) is 15.2 Å². The molecule has 1 aromatic heterocycles. The Balaban J connectivity index is 0.00000243. The van der Waals surface area contributed by atoms with Crippen molar-refractivity contribution in [3.05, 3.63) is 18.3 Å². The summed E-state index contributed by atoms with van der Waals surface area (Å²) < 4.78 is 5.60. The average Bonchev–Trinajstić information content (AvgIpc) is 2.58. The van der Waals surface area contributed by atoms with Gasteiger partial charge in [0.05, 0.1) is 12.7 Å². The molecule has 1 unspecified atom stereocenters. The van der Waals surface area contributed by atoms with E-state index in [4.69, 9.17) is 9.84 Å². The number of imide groups is 1. The van der Waals surface area contributed by atoms with Crippen molar-refractivity contribution in [2.24, 2.45) is 0 Å². The largest absolute Gasteiger partial charge is 0.480 e. The van der Waals surface area contributed by atoms with Crippen LogP contribution in [0.15, 0.2) is 18.3 Å². The van der Waals surface area contributed by atoms with Crippen molar-refractivity contribution in [2.45, 2.75) is 18.9 Å². The van der Waals surface area contributed by atoms with Crippen LogP contribution in [-0.4, -0.2) is 71.6 Å².